The summed E-state index contributed by atoms with van der Waals surface area (Å²) in [5, 5.41) is 17.0. The van der Waals surface area contributed by atoms with Crippen LogP contribution in [0.4, 0.5) is 4.79 Å². The summed E-state index contributed by atoms with van der Waals surface area (Å²) in [7, 11) is 2.99. The highest BCUT2D eigenvalue weighted by atomic mass is 16.6. The summed E-state index contributed by atoms with van der Waals surface area (Å²) >= 11 is 0. The van der Waals surface area contributed by atoms with Gasteiger partial charge in [0.25, 0.3) is 0 Å². The number of hydrogen-bond donors (Lipinski definition) is 3. The Morgan fingerprint density at radius 3 is 1.98 bits per heavy atom. The van der Waals surface area contributed by atoms with Crippen LogP contribution in [-0.2, 0) is 43.3 Å². The van der Waals surface area contributed by atoms with Gasteiger partial charge in [-0.2, -0.15) is 0 Å². The third kappa shape index (κ3) is 10.3. The van der Waals surface area contributed by atoms with Crippen molar-refractivity contribution in [2.45, 2.75) is 76.9 Å². The molecule has 0 aliphatic heterocycles. The SMILES string of the molecule is CC(O)C(C(=O)N[C@H](Cc1cn(C=O)c2ccccc12)C(=O)N[C@@H](Cc1ccccc1)C(=O)N(C)Cc1ccccc1)N(C)C(=O)OC(C)(C)C. The molecule has 4 atom stereocenters. The Morgan fingerprint density at radius 2 is 1.39 bits per heavy atom. The van der Waals surface area contributed by atoms with Crippen molar-refractivity contribution in [3.05, 3.63) is 108 Å². The molecule has 3 N–H and O–H groups in total. The average molecular weight is 698 g/mol. The molecule has 270 valence electrons. The second-order valence-corrected chi connectivity index (χ2v) is 13.7. The van der Waals surface area contributed by atoms with Gasteiger partial charge in [-0.1, -0.05) is 78.9 Å². The molecule has 12 nitrogen and oxygen atoms in total. The van der Waals surface area contributed by atoms with Crippen molar-refractivity contribution in [2.24, 2.45) is 0 Å². The van der Waals surface area contributed by atoms with Crippen LogP contribution in [0.5, 0.6) is 0 Å². The highest BCUT2D eigenvalue weighted by Crippen LogP contribution is 2.22. The van der Waals surface area contributed by atoms with Crippen LogP contribution in [0.2, 0.25) is 0 Å². The third-order valence-electron chi connectivity index (χ3n) is 8.35. The van der Waals surface area contributed by atoms with Crippen LogP contribution in [-0.4, -0.2) is 93.6 Å². The number of fused-ring (bicyclic) bond motifs is 1. The van der Waals surface area contributed by atoms with E-state index in [9.17, 15) is 29.1 Å². The van der Waals surface area contributed by atoms with Gasteiger partial charge >= 0.3 is 6.09 Å². The van der Waals surface area contributed by atoms with Crippen molar-refractivity contribution in [1.29, 1.82) is 0 Å². The van der Waals surface area contributed by atoms with Crippen molar-refractivity contribution >= 4 is 41.1 Å². The highest BCUT2D eigenvalue weighted by molar-refractivity contribution is 5.95. The van der Waals surface area contributed by atoms with Gasteiger partial charge in [-0.25, -0.2) is 4.79 Å². The molecule has 0 saturated heterocycles. The molecule has 2 unspecified atom stereocenters. The van der Waals surface area contributed by atoms with E-state index in [2.05, 4.69) is 10.6 Å². The monoisotopic (exact) mass is 697 g/mol. The molecular weight excluding hydrogens is 650 g/mol. The summed E-state index contributed by atoms with van der Waals surface area (Å²) in [6.07, 6.45) is 0.149. The van der Waals surface area contributed by atoms with Crippen molar-refractivity contribution in [2.75, 3.05) is 14.1 Å². The smallest absolute Gasteiger partial charge is 0.410 e. The number of benzene rings is 3. The normalized spacial score (nSPS) is 13.7. The summed E-state index contributed by atoms with van der Waals surface area (Å²) in [6, 6.07) is 22.1. The van der Waals surface area contributed by atoms with E-state index in [1.54, 1.807) is 58.3 Å². The Balaban J connectivity index is 1.68. The molecule has 1 aromatic heterocycles. The van der Waals surface area contributed by atoms with Crippen molar-refractivity contribution in [1.82, 2.24) is 25.0 Å². The van der Waals surface area contributed by atoms with E-state index in [1.807, 2.05) is 60.7 Å². The number of nitrogens with zero attached hydrogens (tertiary/aromatic N) is 3. The van der Waals surface area contributed by atoms with Gasteiger partial charge in [-0.15, -0.1) is 0 Å². The number of amides is 4. The standard InChI is InChI=1S/C39H47N5O7/c1-26(46)34(43(6)38(50)51-39(2,3)4)36(48)40-31(22-29-24-44(25-45)33-20-14-13-19-30(29)33)35(47)41-32(21-27-15-9-7-10-16-27)37(49)42(5)23-28-17-11-8-12-18-28/h7-20,24-26,31-32,34,46H,21-23H2,1-6H3,(H,40,48)(H,41,47)/t26?,31-,32+,34?/m1/s1. The van der Waals surface area contributed by atoms with Crippen LogP contribution >= 0.6 is 0 Å². The van der Waals surface area contributed by atoms with Gasteiger partial charge in [0.2, 0.25) is 24.1 Å². The van der Waals surface area contributed by atoms with Gasteiger partial charge in [-0.3, -0.25) is 28.6 Å². The summed E-state index contributed by atoms with van der Waals surface area (Å²) in [4.78, 5) is 69.6. The second kappa shape index (κ2) is 16.9. The number of likely N-dealkylation sites (N-methyl/N-ethyl adjacent to an activating group) is 2. The maximum Gasteiger partial charge on any atom is 0.410 e. The minimum Gasteiger partial charge on any atom is -0.444 e. The van der Waals surface area contributed by atoms with Crippen LogP contribution in [0.1, 0.15) is 44.4 Å². The predicted molar refractivity (Wildman–Crippen MR) is 194 cm³/mol. The molecule has 4 aromatic rings. The number of aliphatic hydroxyl groups is 1. The zero-order valence-electron chi connectivity index (χ0n) is 29.9. The zero-order valence-corrected chi connectivity index (χ0v) is 29.9. The largest absolute Gasteiger partial charge is 0.444 e. The fourth-order valence-corrected chi connectivity index (χ4v) is 5.90. The number of ether oxygens (including phenoxy) is 1. The Kier molecular flexibility index (Phi) is 12.7. The van der Waals surface area contributed by atoms with Gasteiger partial charge < -0.3 is 25.4 Å². The second-order valence-electron chi connectivity index (χ2n) is 13.7. The number of rotatable bonds is 14. The fourth-order valence-electron chi connectivity index (χ4n) is 5.90. The molecule has 0 spiro atoms. The van der Waals surface area contributed by atoms with E-state index in [4.69, 9.17) is 4.74 Å². The topological polar surface area (TPSA) is 150 Å². The Hall–Kier alpha value is -5.49. The number of carbonyl (C=O) groups excluding carboxylic acids is 5. The summed E-state index contributed by atoms with van der Waals surface area (Å²) in [5.41, 5.74) is 2.05. The van der Waals surface area contributed by atoms with Crippen LogP contribution in [0.25, 0.3) is 10.9 Å². The molecule has 3 aromatic carbocycles. The summed E-state index contributed by atoms with van der Waals surface area (Å²) < 4.78 is 6.82. The Labute approximate surface area is 298 Å². The van der Waals surface area contributed by atoms with E-state index in [0.717, 1.165) is 16.0 Å². The Bertz CT molecular complexity index is 1820. The minimum absolute atomic E-state index is 0.0757. The number of aromatic nitrogens is 1. The lowest BCUT2D eigenvalue weighted by atomic mass is 10.0. The van der Waals surface area contributed by atoms with Gasteiger partial charge in [0.1, 0.15) is 23.7 Å². The molecule has 0 bridgehead atoms. The van der Waals surface area contributed by atoms with Crippen molar-refractivity contribution < 1.29 is 33.8 Å². The molecule has 0 aliphatic carbocycles. The van der Waals surface area contributed by atoms with Crippen LogP contribution in [0.3, 0.4) is 0 Å². The quantitative estimate of drug-likeness (QED) is 0.170. The fraction of sp³-hybridized carbons (Fsp3) is 0.359. The van der Waals surface area contributed by atoms with E-state index in [-0.39, 0.29) is 18.7 Å². The number of nitrogens with one attached hydrogen (secondary N) is 2. The van der Waals surface area contributed by atoms with Crippen molar-refractivity contribution in [3.63, 3.8) is 0 Å². The molecule has 0 aliphatic rings. The highest BCUT2D eigenvalue weighted by Gasteiger charge is 2.37. The molecule has 51 heavy (non-hydrogen) atoms. The van der Waals surface area contributed by atoms with Gasteiger partial charge in [-0.05, 0) is 50.5 Å². The average Bonchev–Trinajstić information content (AvgIpc) is 3.44. The first kappa shape index (κ1) is 38.3. The molecule has 1 heterocycles. The van der Waals surface area contributed by atoms with Crippen molar-refractivity contribution in [3.8, 4) is 0 Å². The third-order valence-corrected chi connectivity index (χ3v) is 8.35. The Morgan fingerprint density at radius 1 is 0.824 bits per heavy atom. The van der Waals surface area contributed by atoms with E-state index >= 15 is 0 Å². The first-order valence-electron chi connectivity index (χ1n) is 16.8. The van der Waals surface area contributed by atoms with Crippen LogP contribution < -0.4 is 10.6 Å². The predicted octanol–water partition coefficient (Wildman–Crippen LogP) is 3.71. The number of carbonyl (C=O) groups is 5. The number of aliphatic hydroxyl groups excluding tert-OH is 1. The summed E-state index contributed by atoms with van der Waals surface area (Å²) in [5.74, 6) is -1.83. The van der Waals surface area contributed by atoms with E-state index < -0.39 is 47.7 Å². The minimum atomic E-state index is -1.43. The lowest BCUT2D eigenvalue weighted by Gasteiger charge is -2.32. The molecule has 0 fully saturated rings. The molecule has 12 heteroatoms. The maximum absolute atomic E-state index is 14.3. The van der Waals surface area contributed by atoms with Crippen LogP contribution in [0.15, 0.2) is 91.1 Å². The van der Waals surface area contributed by atoms with Gasteiger partial charge in [0, 0.05) is 45.1 Å². The van der Waals surface area contributed by atoms with Gasteiger partial charge in [0.15, 0.2) is 0 Å². The lowest BCUT2D eigenvalue weighted by Crippen LogP contribution is -2.60. The van der Waals surface area contributed by atoms with Crippen LogP contribution in [0, 0.1) is 0 Å². The van der Waals surface area contributed by atoms with Gasteiger partial charge in [0.05, 0.1) is 11.6 Å². The molecule has 4 amide bonds. The summed E-state index contributed by atoms with van der Waals surface area (Å²) in [6.45, 7) is 6.69. The first-order valence-corrected chi connectivity index (χ1v) is 16.8. The molecule has 0 saturated carbocycles. The van der Waals surface area contributed by atoms with E-state index in [1.165, 1.54) is 23.4 Å². The zero-order chi connectivity index (χ0) is 37.3. The molecule has 0 radical (unpaired) electrons. The molecule has 4 rings (SSSR count). The maximum atomic E-state index is 14.3. The number of para-hydroxylation sites is 1. The number of hydrogen-bond acceptors (Lipinski definition) is 7. The first-order chi connectivity index (χ1) is 24.2. The molecular formula is C39H47N5O7. The van der Waals surface area contributed by atoms with E-state index in [0.29, 0.717) is 29.4 Å². The lowest BCUT2D eigenvalue weighted by molar-refractivity contribution is -0.137.